The van der Waals surface area contributed by atoms with Crippen molar-refractivity contribution in [2.45, 2.75) is 46.6 Å². The van der Waals surface area contributed by atoms with Crippen molar-refractivity contribution in [3.05, 3.63) is 24.0 Å². The zero-order valence-electron chi connectivity index (χ0n) is 12.1. The standard InChI is InChI=1S/C15H23FN2O/c1-10(2)5-6-11(3)17-15-9-13(18-12(4)19)7-8-14(15)16/h7-11,17H,5-6H2,1-4H3,(H,18,19). The predicted molar refractivity (Wildman–Crippen MR) is 77.9 cm³/mol. The maximum absolute atomic E-state index is 13.7. The molecule has 0 saturated carbocycles. The maximum Gasteiger partial charge on any atom is 0.221 e. The van der Waals surface area contributed by atoms with Gasteiger partial charge < -0.3 is 10.6 Å². The molecule has 0 aromatic heterocycles. The smallest absolute Gasteiger partial charge is 0.221 e. The summed E-state index contributed by atoms with van der Waals surface area (Å²) in [5.74, 6) is 0.177. The Hall–Kier alpha value is -1.58. The Balaban J connectivity index is 2.68. The van der Waals surface area contributed by atoms with E-state index in [-0.39, 0.29) is 17.8 Å². The molecule has 0 spiro atoms. The second kappa shape index (κ2) is 7.12. The molecular formula is C15H23FN2O. The third-order valence-corrected chi connectivity index (χ3v) is 2.87. The summed E-state index contributed by atoms with van der Waals surface area (Å²) in [7, 11) is 0. The van der Waals surface area contributed by atoms with E-state index in [1.54, 1.807) is 12.1 Å². The highest BCUT2D eigenvalue weighted by Gasteiger charge is 2.09. The molecule has 0 aliphatic heterocycles. The van der Waals surface area contributed by atoms with Crippen LogP contribution in [0.25, 0.3) is 0 Å². The highest BCUT2D eigenvalue weighted by molar-refractivity contribution is 5.89. The van der Waals surface area contributed by atoms with Crippen LogP contribution in [0.5, 0.6) is 0 Å². The summed E-state index contributed by atoms with van der Waals surface area (Å²) in [6.07, 6.45) is 2.09. The first kappa shape index (κ1) is 15.5. The minimum absolute atomic E-state index is 0.162. The van der Waals surface area contributed by atoms with E-state index in [0.29, 0.717) is 17.3 Å². The van der Waals surface area contributed by atoms with Gasteiger partial charge in [0.1, 0.15) is 5.82 Å². The van der Waals surface area contributed by atoms with Crippen molar-refractivity contribution >= 4 is 17.3 Å². The monoisotopic (exact) mass is 266 g/mol. The van der Waals surface area contributed by atoms with Gasteiger partial charge in [0.25, 0.3) is 0 Å². The molecular weight excluding hydrogens is 243 g/mol. The van der Waals surface area contributed by atoms with Crippen LogP contribution in [-0.4, -0.2) is 11.9 Å². The number of nitrogens with one attached hydrogen (secondary N) is 2. The fourth-order valence-electron chi connectivity index (χ4n) is 1.84. The molecule has 0 aliphatic rings. The number of rotatable bonds is 6. The van der Waals surface area contributed by atoms with Crippen LogP contribution in [0.2, 0.25) is 0 Å². The zero-order chi connectivity index (χ0) is 14.4. The van der Waals surface area contributed by atoms with Gasteiger partial charge in [-0.1, -0.05) is 13.8 Å². The molecule has 4 heteroatoms. The number of amides is 1. The van der Waals surface area contributed by atoms with E-state index in [0.717, 1.165) is 12.8 Å². The van der Waals surface area contributed by atoms with Crippen LogP contribution in [0.15, 0.2) is 18.2 Å². The quantitative estimate of drug-likeness (QED) is 0.816. The number of anilines is 2. The number of carbonyl (C=O) groups excluding carboxylic acids is 1. The molecule has 2 N–H and O–H groups in total. The lowest BCUT2D eigenvalue weighted by Gasteiger charge is -2.17. The van der Waals surface area contributed by atoms with Crippen molar-refractivity contribution in [3.63, 3.8) is 0 Å². The van der Waals surface area contributed by atoms with Crippen LogP contribution >= 0.6 is 0 Å². The average molecular weight is 266 g/mol. The fraction of sp³-hybridized carbons (Fsp3) is 0.533. The third kappa shape index (κ3) is 5.73. The van der Waals surface area contributed by atoms with E-state index in [9.17, 15) is 9.18 Å². The molecule has 1 atom stereocenters. The van der Waals surface area contributed by atoms with E-state index in [4.69, 9.17) is 0 Å². The van der Waals surface area contributed by atoms with Crippen LogP contribution in [0.1, 0.15) is 40.5 Å². The summed E-state index contributed by atoms with van der Waals surface area (Å²) >= 11 is 0. The molecule has 3 nitrogen and oxygen atoms in total. The Bertz CT molecular complexity index is 432. The van der Waals surface area contributed by atoms with Gasteiger partial charge in [0.05, 0.1) is 5.69 Å². The molecule has 0 fully saturated rings. The normalized spacial score (nSPS) is 12.3. The highest BCUT2D eigenvalue weighted by Crippen LogP contribution is 2.21. The predicted octanol–water partition coefficient (Wildman–Crippen LogP) is 4.02. The summed E-state index contributed by atoms with van der Waals surface area (Å²) in [4.78, 5) is 11.0. The van der Waals surface area contributed by atoms with Crippen molar-refractivity contribution in [1.29, 1.82) is 0 Å². The van der Waals surface area contributed by atoms with Crippen LogP contribution in [0, 0.1) is 11.7 Å². The molecule has 1 rings (SSSR count). The maximum atomic E-state index is 13.7. The third-order valence-electron chi connectivity index (χ3n) is 2.87. The Kier molecular flexibility index (Phi) is 5.80. The molecule has 19 heavy (non-hydrogen) atoms. The molecule has 0 aliphatic carbocycles. The van der Waals surface area contributed by atoms with E-state index in [1.165, 1.54) is 13.0 Å². The second-order valence-electron chi connectivity index (χ2n) is 5.39. The zero-order valence-corrected chi connectivity index (χ0v) is 12.1. The lowest BCUT2D eigenvalue weighted by Crippen LogP contribution is -2.17. The Morgan fingerprint density at radius 2 is 1.95 bits per heavy atom. The molecule has 1 unspecified atom stereocenters. The SMILES string of the molecule is CC(=O)Nc1ccc(F)c(NC(C)CCC(C)C)c1. The number of hydrogen-bond acceptors (Lipinski definition) is 2. The van der Waals surface area contributed by atoms with Crippen molar-refractivity contribution in [3.8, 4) is 0 Å². The van der Waals surface area contributed by atoms with Crippen molar-refractivity contribution in [2.75, 3.05) is 10.6 Å². The lowest BCUT2D eigenvalue weighted by atomic mass is 10.0. The molecule has 1 aromatic rings. The number of benzene rings is 1. The van der Waals surface area contributed by atoms with E-state index >= 15 is 0 Å². The van der Waals surface area contributed by atoms with Gasteiger partial charge in [0, 0.05) is 18.7 Å². The van der Waals surface area contributed by atoms with Crippen molar-refractivity contribution in [2.24, 2.45) is 5.92 Å². The first-order valence-corrected chi connectivity index (χ1v) is 6.72. The van der Waals surface area contributed by atoms with Gasteiger partial charge in [0.2, 0.25) is 5.91 Å². The second-order valence-corrected chi connectivity index (χ2v) is 5.39. The van der Waals surface area contributed by atoms with Gasteiger partial charge in [-0.15, -0.1) is 0 Å². The van der Waals surface area contributed by atoms with Crippen molar-refractivity contribution < 1.29 is 9.18 Å². The molecule has 1 amide bonds. The van der Waals surface area contributed by atoms with Crippen molar-refractivity contribution in [1.82, 2.24) is 0 Å². The van der Waals surface area contributed by atoms with Gasteiger partial charge in [-0.25, -0.2) is 4.39 Å². The number of halogens is 1. The Morgan fingerprint density at radius 3 is 2.53 bits per heavy atom. The van der Waals surface area contributed by atoms with Gasteiger partial charge in [-0.2, -0.15) is 0 Å². The molecule has 0 radical (unpaired) electrons. The first-order chi connectivity index (χ1) is 8.88. The first-order valence-electron chi connectivity index (χ1n) is 6.72. The average Bonchev–Trinajstić information content (AvgIpc) is 2.30. The van der Waals surface area contributed by atoms with E-state index in [1.807, 2.05) is 6.92 Å². The van der Waals surface area contributed by atoms with Gasteiger partial charge in [-0.05, 0) is 43.9 Å². The molecule has 106 valence electrons. The minimum atomic E-state index is -0.300. The number of hydrogen-bond donors (Lipinski definition) is 2. The molecule has 0 bridgehead atoms. The largest absolute Gasteiger partial charge is 0.380 e. The van der Waals surface area contributed by atoms with Gasteiger partial charge in [-0.3, -0.25) is 4.79 Å². The summed E-state index contributed by atoms with van der Waals surface area (Å²) in [5, 5.41) is 5.80. The highest BCUT2D eigenvalue weighted by atomic mass is 19.1. The Labute approximate surface area is 114 Å². The van der Waals surface area contributed by atoms with Crippen LogP contribution in [0.4, 0.5) is 15.8 Å². The van der Waals surface area contributed by atoms with Gasteiger partial charge >= 0.3 is 0 Å². The summed E-state index contributed by atoms with van der Waals surface area (Å²) in [6.45, 7) is 7.81. The molecule has 0 saturated heterocycles. The summed E-state index contributed by atoms with van der Waals surface area (Å²) < 4.78 is 13.7. The van der Waals surface area contributed by atoms with Gasteiger partial charge in [0.15, 0.2) is 0 Å². The molecule has 0 heterocycles. The van der Waals surface area contributed by atoms with E-state index in [2.05, 4.69) is 24.5 Å². The molecule has 1 aromatic carbocycles. The topological polar surface area (TPSA) is 41.1 Å². The van der Waals surface area contributed by atoms with Crippen LogP contribution < -0.4 is 10.6 Å². The minimum Gasteiger partial charge on any atom is -0.380 e. The summed E-state index contributed by atoms with van der Waals surface area (Å²) in [5.41, 5.74) is 1.04. The van der Waals surface area contributed by atoms with E-state index < -0.39 is 0 Å². The fourth-order valence-corrected chi connectivity index (χ4v) is 1.84. The Morgan fingerprint density at radius 1 is 1.26 bits per heavy atom. The van der Waals surface area contributed by atoms with Crippen LogP contribution in [-0.2, 0) is 4.79 Å². The van der Waals surface area contributed by atoms with Crippen LogP contribution in [0.3, 0.4) is 0 Å². The number of carbonyl (C=O) groups is 1. The lowest BCUT2D eigenvalue weighted by molar-refractivity contribution is -0.114. The summed E-state index contributed by atoms with van der Waals surface area (Å²) in [6, 6.07) is 4.75.